The maximum Gasteiger partial charge on any atom is 0.242 e. The number of rotatable bonds is 7. The van der Waals surface area contributed by atoms with Gasteiger partial charge >= 0.3 is 0 Å². The predicted octanol–water partition coefficient (Wildman–Crippen LogP) is 2.56. The molecule has 146 valence electrons. The van der Waals surface area contributed by atoms with E-state index in [0.717, 1.165) is 42.9 Å². The molecule has 1 aliphatic heterocycles. The van der Waals surface area contributed by atoms with Crippen LogP contribution in [0, 0.1) is 5.82 Å². The molecular weight excluding hydrogens is 369 g/mol. The fourth-order valence-corrected chi connectivity index (χ4v) is 4.34. The van der Waals surface area contributed by atoms with Crippen molar-refractivity contribution in [3.05, 3.63) is 54.1 Å². The molecule has 0 aliphatic carbocycles. The van der Waals surface area contributed by atoms with Crippen molar-refractivity contribution in [3.63, 3.8) is 0 Å². The summed E-state index contributed by atoms with van der Waals surface area (Å²) in [7, 11) is -3.78. The predicted molar refractivity (Wildman–Crippen MR) is 100 cm³/mol. The average molecular weight is 393 g/mol. The van der Waals surface area contributed by atoms with Crippen LogP contribution in [0.25, 0.3) is 0 Å². The lowest BCUT2D eigenvalue weighted by Gasteiger charge is -2.17. The van der Waals surface area contributed by atoms with Gasteiger partial charge in [-0.15, -0.1) is 0 Å². The Bertz CT molecular complexity index is 872. The maximum atomic E-state index is 13.2. The van der Waals surface area contributed by atoms with Crippen LogP contribution in [0.2, 0.25) is 0 Å². The Kier molecular flexibility index (Phi) is 6.08. The minimum absolute atomic E-state index is 0.136. The number of nitrogens with one attached hydrogen (secondary N) is 1. The third-order valence-corrected chi connectivity index (χ3v) is 5.77. The summed E-state index contributed by atoms with van der Waals surface area (Å²) in [5.74, 6) is 0.167. The number of sulfonamides is 1. The zero-order chi connectivity index (χ0) is 19.4. The second-order valence-corrected chi connectivity index (χ2v) is 8.71. The number of likely N-dealkylation sites (tertiary alicyclic amines) is 1. The van der Waals surface area contributed by atoms with E-state index in [1.807, 2.05) is 38.1 Å². The standard InChI is InChI=1S/C19H24FN3O3S/c1-14(2)26-18-5-3-15(4-6-18)12-23-8-7-17(13-23)22-27(24,25)19-9-16(20)10-21-11-19/h3-6,9-11,14,17,22H,7-8,12-13H2,1-2H3/t17-/m1/s1. The van der Waals surface area contributed by atoms with E-state index in [1.165, 1.54) is 0 Å². The Labute approximate surface area is 159 Å². The van der Waals surface area contributed by atoms with Crippen LogP contribution in [0.15, 0.2) is 47.6 Å². The summed E-state index contributed by atoms with van der Waals surface area (Å²) in [6, 6.07) is 8.71. The first kappa shape index (κ1) is 19.7. The molecule has 0 bridgehead atoms. The Hall–Kier alpha value is -2.03. The lowest BCUT2D eigenvalue weighted by molar-refractivity contribution is 0.242. The van der Waals surface area contributed by atoms with Crippen LogP contribution in [-0.2, 0) is 16.6 Å². The molecule has 1 fully saturated rings. The highest BCUT2D eigenvalue weighted by Crippen LogP contribution is 2.19. The quantitative estimate of drug-likeness (QED) is 0.783. The van der Waals surface area contributed by atoms with E-state index in [1.54, 1.807) is 0 Å². The molecule has 1 aromatic heterocycles. The highest BCUT2D eigenvalue weighted by Gasteiger charge is 2.27. The maximum absolute atomic E-state index is 13.2. The fraction of sp³-hybridized carbons (Fsp3) is 0.421. The third kappa shape index (κ3) is 5.47. The first-order valence-electron chi connectivity index (χ1n) is 8.92. The summed E-state index contributed by atoms with van der Waals surface area (Å²) in [5.41, 5.74) is 1.14. The van der Waals surface area contributed by atoms with Gasteiger partial charge in [-0.2, -0.15) is 0 Å². The molecule has 2 heterocycles. The van der Waals surface area contributed by atoms with E-state index in [4.69, 9.17) is 4.74 Å². The third-order valence-electron chi connectivity index (χ3n) is 4.29. The Morgan fingerprint density at radius 1 is 1.30 bits per heavy atom. The topological polar surface area (TPSA) is 71.5 Å². The van der Waals surface area contributed by atoms with Gasteiger partial charge in [0.1, 0.15) is 16.5 Å². The van der Waals surface area contributed by atoms with Crippen LogP contribution in [0.3, 0.4) is 0 Å². The van der Waals surface area contributed by atoms with Crippen molar-refractivity contribution in [3.8, 4) is 5.75 Å². The van der Waals surface area contributed by atoms with Gasteiger partial charge in [-0.1, -0.05) is 12.1 Å². The van der Waals surface area contributed by atoms with Crippen molar-refractivity contribution in [1.29, 1.82) is 0 Å². The van der Waals surface area contributed by atoms with Gasteiger partial charge in [-0.3, -0.25) is 9.88 Å². The zero-order valence-corrected chi connectivity index (χ0v) is 16.2. The Balaban J connectivity index is 1.55. The molecule has 0 unspecified atom stereocenters. The molecule has 2 aromatic rings. The smallest absolute Gasteiger partial charge is 0.242 e. The van der Waals surface area contributed by atoms with Crippen molar-refractivity contribution >= 4 is 10.0 Å². The molecule has 1 atom stereocenters. The van der Waals surface area contributed by atoms with E-state index >= 15 is 0 Å². The van der Waals surface area contributed by atoms with Gasteiger partial charge in [-0.05, 0) is 44.0 Å². The molecule has 0 spiro atoms. The lowest BCUT2D eigenvalue weighted by Crippen LogP contribution is -2.37. The first-order chi connectivity index (χ1) is 12.8. The average Bonchev–Trinajstić information content (AvgIpc) is 3.02. The summed E-state index contributed by atoms with van der Waals surface area (Å²) in [5, 5.41) is 0. The number of halogens is 1. The minimum atomic E-state index is -3.78. The fourth-order valence-electron chi connectivity index (χ4n) is 3.10. The highest BCUT2D eigenvalue weighted by atomic mass is 32.2. The van der Waals surface area contributed by atoms with E-state index in [2.05, 4.69) is 14.6 Å². The number of pyridine rings is 1. The Morgan fingerprint density at radius 3 is 2.70 bits per heavy atom. The molecular formula is C19H24FN3O3S. The van der Waals surface area contributed by atoms with Gasteiger partial charge < -0.3 is 4.74 Å². The van der Waals surface area contributed by atoms with Gasteiger partial charge in [0.05, 0.1) is 12.3 Å². The zero-order valence-electron chi connectivity index (χ0n) is 15.4. The molecule has 3 rings (SSSR count). The van der Waals surface area contributed by atoms with Gasteiger partial charge in [0.15, 0.2) is 0 Å². The molecule has 8 heteroatoms. The van der Waals surface area contributed by atoms with Crippen LogP contribution in [0.5, 0.6) is 5.75 Å². The largest absolute Gasteiger partial charge is 0.491 e. The summed E-state index contributed by atoms with van der Waals surface area (Å²) in [6.07, 6.45) is 2.97. The molecule has 1 saturated heterocycles. The monoisotopic (exact) mass is 393 g/mol. The number of benzene rings is 1. The van der Waals surface area contributed by atoms with Gasteiger partial charge in [0.25, 0.3) is 0 Å². The molecule has 1 aliphatic rings. The number of hydrogen-bond acceptors (Lipinski definition) is 5. The van der Waals surface area contributed by atoms with Crippen molar-refractivity contribution < 1.29 is 17.5 Å². The van der Waals surface area contributed by atoms with E-state index in [9.17, 15) is 12.8 Å². The van der Waals surface area contributed by atoms with E-state index in [-0.39, 0.29) is 17.0 Å². The van der Waals surface area contributed by atoms with E-state index < -0.39 is 15.8 Å². The summed E-state index contributed by atoms with van der Waals surface area (Å²) in [4.78, 5) is 5.64. The Morgan fingerprint density at radius 2 is 2.04 bits per heavy atom. The first-order valence-corrected chi connectivity index (χ1v) is 10.4. The second kappa shape index (κ2) is 8.33. The summed E-state index contributed by atoms with van der Waals surface area (Å²) in [6.45, 7) is 6.10. The van der Waals surface area contributed by atoms with Crippen LogP contribution >= 0.6 is 0 Å². The molecule has 27 heavy (non-hydrogen) atoms. The molecule has 0 radical (unpaired) electrons. The van der Waals surface area contributed by atoms with Gasteiger partial charge in [0, 0.05) is 31.9 Å². The highest BCUT2D eigenvalue weighted by molar-refractivity contribution is 7.89. The number of ether oxygens (including phenoxy) is 1. The number of aromatic nitrogens is 1. The normalized spacial score (nSPS) is 18.1. The second-order valence-electron chi connectivity index (χ2n) is 6.99. The van der Waals surface area contributed by atoms with Crippen LogP contribution in [0.4, 0.5) is 4.39 Å². The molecule has 6 nitrogen and oxygen atoms in total. The number of hydrogen-bond donors (Lipinski definition) is 1. The number of nitrogens with zero attached hydrogens (tertiary/aromatic N) is 2. The molecule has 0 saturated carbocycles. The molecule has 0 amide bonds. The summed E-state index contributed by atoms with van der Waals surface area (Å²) < 4.78 is 46.3. The lowest BCUT2D eigenvalue weighted by atomic mass is 10.2. The van der Waals surface area contributed by atoms with Crippen LogP contribution < -0.4 is 9.46 Å². The van der Waals surface area contributed by atoms with Crippen molar-refractivity contribution in [1.82, 2.24) is 14.6 Å². The molecule has 1 aromatic carbocycles. The van der Waals surface area contributed by atoms with Crippen molar-refractivity contribution in [2.24, 2.45) is 0 Å². The molecule has 1 N–H and O–H groups in total. The van der Waals surface area contributed by atoms with Crippen molar-refractivity contribution in [2.75, 3.05) is 13.1 Å². The van der Waals surface area contributed by atoms with Gasteiger partial charge in [0.2, 0.25) is 10.0 Å². The summed E-state index contributed by atoms with van der Waals surface area (Å²) >= 11 is 0. The van der Waals surface area contributed by atoms with Crippen LogP contribution in [-0.4, -0.2) is 43.5 Å². The van der Waals surface area contributed by atoms with Crippen LogP contribution in [0.1, 0.15) is 25.8 Å². The van der Waals surface area contributed by atoms with E-state index in [0.29, 0.717) is 13.0 Å². The van der Waals surface area contributed by atoms with Crippen molar-refractivity contribution in [2.45, 2.75) is 43.9 Å². The minimum Gasteiger partial charge on any atom is -0.491 e. The SMILES string of the molecule is CC(C)Oc1ccc(CN2CC[C@@H](NS(=O)(=O)c3cncc(F)c3)C2)cc1. The van der Waals surface area contributed by atoms with Gasteiger partial charge in [-0.25, -0.2) is 17.5 Å².